The van der Waals surface area contributed by atoms with Gasteiger partial charge in [-0.3, -0.25) is 9.10 Å². The summed E-state index contributed by atoms with van der Waals surface area (Å²) >= 11 is 0. The third-order valence-electron chi connectivity index (χ3n) is 3.69. The lowest BCUT2D eigenvalue weighted by atomic mass is 10.2. The summed E-state index contributed by atoms with van der Waals surface area (Å²) in [4.78, 5) is 12.3. The molecule has 0 bridgehead atoms. The second kappa shape index (κ2) is 9.05. The van der Waals surface area contributed by atoms with Crippen LogP contribution in [0.5, 0.6) is 5.75 Å². The van der Waals surface area contributed by atoms with Crippen molar-refractivity contribution < 1.29 is 17.9 Å². The second-order valence-corrected chi connectivity index (χ2v) is 7.63. The molecule has 27 heavy (non-hydrogen) atoms. The molecule has 0 aliphatic heterocycles. The number of hydrogen-bond donors (Lipinski definition) is 1. The van der Waals surface area contributed by atoms with Crippen molar-refractivity contribution in [1.29, 1.82) is 5.26 Å². The van der Waals surface area contributed by atoms with Crippen molar-refractivity contribution in [2.75, 3.05) is 29.0 Å². The van der Waals surface area contributed by atoms with Gasteiger partial charge in [-0.05, 0) is 43.3 Å². The van der Waals surface area contributed by atoms with Gasteiger partial charge >= 0.3 is 0 Å². The lowest BCUT2D eigenvalue weighted by Gasteiger charge is -2.22. The van der Waals surface area contributed by atoms with E-state index in [9.17, 15) is 13.2 Å². The lowest BCUT2D eigenvalue weighted by molar-refractivity contribution is -0.116. The minimum absolute atomic E-state index is 0.0205. The standard InChI is InChI=1S/C19H21N3O4S/c1-3-26-18-7-5-4-6-17(18)21-19(23)12-13-22(27(2,24)25)16-10-8-15(14-20)9-11-16/h4-11H,3,12-13H2,1-2H3,(H,21,23). The number of nitriles is 1. The van der Waals surface area contributed by atoms with E-state index in [1.165, 1.54) is 12.1 Å². The van der Waals surface area contributed by atoms with Gasteiger partial charge in [0, 0.05) is 13.0 Å². The van der Waals surface area contributed by atoms with Crippen LogP contribution in [0.3, 0.4) is 0 Å². The number of carbonyl (C=O) groups excluding carboxylic acids is 1. The van der Waals surface area contributed by atoms with Gasteiger partial charge in [0.05, 0.1) is 35.9 Å². The summed E-state index contributed by atoms with van der Waals surface area (Å²) in [6.45, 7) is 2.29. The second-order valence-electron chi connectivity index (χ2n) is 5.72. The van der Waals surface area contributed by atoms with Crippen LogP contribution in [0.25, 0.3) is 0 Å². The highest BCUT2D eigenvalue weighted by molar-refractivity contribution is 7.92. The summed E-state index contributed by atoms with van der Waals surface area (Å²) in [7, 11) is -3.58. The van der Waals surface area contributed by atoms with Crippen LogP contribution in [-0.2, 0) is 14.8 Å². The number of carbonyl (C=O) groups is 1. The monoisotopic (exact) mass is 387 g/mol. The smallest absolute Gasteiger partial charge is 0.232 e. The van der Waals surface area contributed by atoms with Gasteiger partial charge in [-0.1, -0.05) is 12.1 Å². The molecule has 0 aliphatic rings. The Balaban J connectivity index is 2.09. The first-order valence-electron chi connectivity index (χ1n) is 8.34. The average Bonchev–Trinajstić information content (AvgIpc) is 2.63. The molecule has 8 heteroatoms. The molecular weight excluding hydrogens is 366 g/mol. The van der Waals surface area contributed by atoms with Crippen LogP contribution < -0.4 is 14.4 Å². The Labute approximate surface area is 159 Å². The summed E-state index contributed by atoms with van der Waals surface area (Å²) in [5, 5.41) is 11.6. The van der Waals surface area contributed by atoms with Crippen LogP contribution in [0.2, 0.25) is 0 Å². The van der Waals surface area contributed by atoms with Gasteiger partial charge < -0.3 is 10.1 Å². The summed E-state index contributed by atoms with van der Waals surface area (Å²) in [6, 6.07) is 15.2. The number of ether oxygens (including phenoxy) is 1. The predicted octanol–water partition coefficient (Wildman–Crippen LogP) is 2.75. The Morgan fingerprint density at radius 2 is 1.85 bits per heavy atom. The summed E-state index contributed by atoms with van der Waals surface area (Å²) in [5.74, 6) is 0.227. The van der Waals surface area contributed by atoms with Crippen molar-refractivity contribution in [1.82, 2.24) is 0 Å². The Kier molecular flexibility index (Phi) is 6.79. The maximum absolute atomic E-state index is 12.3. The maximum atomic E-state index is 12.3. The third-order valence-corrected chi connectivity index (χ3v) is 4.88. The Hall–Kier alpha value is -3.05. The molecule has 0 atom stereocenters. The number of rotatable bonds is 8. The van der Waals surface area contributed by atoms with Crippen LogP contribution >= 0.6 is 0 Å². The van der Waals surface area contributed by atoms with Crippen molar-refractivity contribution in [2.45, 2.75) is 13.3 Å². The van der Waals surface area contributed by atoms with Crippen molar-refractivity contribution in [3.05, 3.63) is 54.1 Å². The Bertz CT molecular complexity index is 934. The van der Waals surface area contributed by atoms with Crippen LogP contribution in [0.15, 0.2) is 48.5 Å². The largest absolute Gasteiger partial charge is 0.492 e. The first-order chi connectivity index (χ1) is 12.8. The van der Waals surface area contributed by atoms with E-state index >= 15 is 0 Å². The van der Waals surface area contributed by atoms with Crippen LogP contribution in [0.4, 0.5) is 11.4 Å². The van der Waals surface area contributed by atoms with E-state index in [2.05, 4.69) is 5.32 Å². The highest BCUT2D eigenvalue weighted by atomic mass is 32.2. The molecule has 2 rings (SSSR count). The predicted molar refractivity (Wildman–Crippen MR) is 104 cm³/mol. The van der Waals surface area contributed by atoms with Crippen molar-refractivity contribution >= 4 is 27.3 Å². The Morgan fingerprint density at radius 1 is 1.19 bits per heavy atom. The molecule has 0 aromatic heterocycles. The van der Waals surface area contributed by atoms with E-state index in [1.807, 2.05) is 13.0 Å². The van der Waals surface area contributed by atoms with E-state index in [0.717, 1.165) is 10.6 Å². The molecule has 7 nitrogen and oxygen atoms in total. The molecule has 2 aromatic carbocycles. The quantitative estimate of drug-likeness (QED) is 0.751. The number of para-hydroxylation sites is 2. The first kappa shape index (κ1) is 20.3. The maximum Gasteiger partial charge on any atom is 0.232 e. The molecule has 0 aliphatic carbocycles. The minimum Gasteiger partial charge on any atom is -0.492 e. The fourth-order valence-electron chi connectivity index (χ4n) is 2.46. The zero-order valence-electron chi connectivity index (χ0n) is 15.2. The molecule has 0 heterocycles. The molecule has 0 radical (unpaired) electrons. The first-order valence-corrected chi connectivity index (χ1v) is 10.2. The molecule has 1 N–H and O–H groups in total. The molecule has 1 amide bonds. The van der Waals surface area contributed by atoms with Crippen molar-refractivity contribution in [3.8, 4) is 11.8 Å². The summed E-state index contributed by atoms with van der Waals surface area (Å²) < 4.78 is 30.8. The van der Waals surface area contributed by atoms with Crippen LogP contribution in [-0.4, -0.2) is 33.7 Å². The van der Waals surface area contributed by atoms with Gasteiger partial charge in [0.1, 0.15) is 5.75 Å². The van der Waals surface area contributed by atoms with Gasteiger partial charge in [-0.15, -0.1) is 0 Å². The molecule has 0 spiro atoms. The van der Waals surface area contributed by atoms with E-state index in [0.29, 0.717) is 29.3 Å². The van der Waals surface area contributed by atoms with E-state index in [-0.39, 0.29) is 18.9 Å². The van der Waals surface area contributed by atoms with E-state index in [1.54, 1.807) is 36.4 Å². The van der Waals surface area contributed by atoms with Crippen LogP contribution in [0, 0.1) is 11.3 Å². The number of hydrogen-bond acceptors (Lipinski definition) is 5. The van der Waals surface area contributed by atoms with E-state index in [4.69, 9.17) is 10.00 Å². The number of benzene rings is 2. The molecule has 0 saturated carbocycles. The van der Waals surface area contributed by atoms with E-state index < -0.39 is 10.0 Å². The number of sulfonamides is 1. The molecule has 142 valence electrons. The number of nitrogens with zero attached hydrogens (tertiary/aromatic N) is 2. The number of anilines is 2. The SMILES string of the molecule is CCOc1ccccc1NC(=O)CCN(c1ccc(C#N)cc1)S(C)(=O)=O. The molecular formula is C19H21N3O4S. The van der Waals surface area contributed by atoms with Crippen molar-refractivity contribution in [2.24, 2.45) is 0 Å². The normalized spacial score (nSPS) is 10.7. The summed E-state index contributed by atoms with van der Waals surface area (Å²) in [5.41, 5.74) is 1.37. The fourth-order valence-corrected chi connectivity index (χ4v) is 3.38. The van der Waals surface area contributed by atoms with Crippen molar-refractivity contribution in [3.63, 3.8) is 0 Å². The van der Waals surface area contributed by atoms with Gasteiger partial charge in [0.25, 0.3) is 0 Å². The molecule has 0 saturated heterocycles. The zero-order valence-corrected chi connectivity index (χ0v) is 16.0. The highest BCUT2D eigenvalue weighted by Crippen LogP contribution is 2.24. The molecule has 2 aromatic rings. The third kappa shape index (κ3) is 5.72. The van der Waals surface area contributed by atoms with Crippen LogP contribution in [0.1, 0.15) is 18.9 Å². The lowest BCUT2D eigenvalue weighted by Crippen LogP contribution is -2.33. The average molecular weight is 387 g/mol. The summed E-state index contributed by atoms with van der Waals surface area (Å²) in [6.07, 6.45) is 1.04. The highest BCUT2D eigenvalue weighted by Gasteiger charge is 2.19. The minimum atomic E-state index is -3.58. The van der Waals surface area contributed by atoms with Gasteiger partial charge in [0.15, 0.2) is 0 Å². The zero-order chi connectivity index (χ0) is 19.9. The van der Waals surface area contributed by atoms with Gasteiger partial charge in [-0.2, -0.15) is 5.26 Å². The van der Waals surface area contributed by atoms with Gasteiger partial charge in [-0.25, -0.2) is 8.42 Å². The fraction of sp³-hybridized carbons (Fsp3) is 0.263. The topological polar surface area (TPSA) is 99.5 Å². The Morgan fingerprint density at radius 3 is 2.44 bits per heavy atom. The molecule has 0 fully saturated rings. The molecule has 0 unspecified atom stereocenters. The number of amides is 1. The number of nitrogens with one attached hydrogen (secondary N) is 1. The van der Waals surface area contributed by atoms with Gasteiger partial charge in [0.2, 0.25) is 15.9 Å².